The van der Waals surface area contributed by atoms with Crippen molar-refractivity contribution in [2.24, 2.45) is 58.2 Å². The van der Waals surface area contributed by atoms with Crippen LogP contribution in [0.2, 0.25) is 0 Å². The van der Waals surface area contributed by atoms with Gasteiger partial charge in [0.15, 0.2) is 0 Å². The summed E-state index contributed by atoms with van der Waals surface area (Å²) < 4.78 is 0. The molecule has 4 atom stereocenters. The number of hydrogen-bond donors (Lipinski definition) is 3. The zero-order valence-corrected chi connectivity index (χ0v) is 33.2. The van der Waals surface area contributed by atoms with Gasteiger partial charge in [-0.1, -0.05) is 27.7 Å². The van der Waals surface area contributed by atoms with Crippen LogP contribution in [0.3, 0.4) is 0 Å². The van der Waals surface area contributed by atoms with Crippen LogP contribution in [0.25, 0.3) is 0 Å². The van der Waals surface area contributed by atoms with E-state index in [4.69, 9.17) is 0 Å². The first-order valence-corrected chi connectivity index (χ1v) is 19.5. The van der Waals surface area contributed by atoms with Crippen molar-refractivity contribution in [1.82, 2.24) is 16.0 Å². The number of hydrogen-bond acceptors (Lipinski definition) is 3. The Hall–Kier alpha value is -0.120. The molecule has 3 N–H and O–H groups in total. The number of rotatable bonds is 4. The minimum Gasteiger partial charge on any atom is -0.307 e. The van der Waals surface area contributed by atoms with Crippen molar-refractivity contribution in [3.8, 4) is 0 Å². The van der Waals surface area contributed by atoms with Crippen molar-refractivity contribution >= 4 is 0 Å². The molecule has 3 aliphatic heterocycles. The van der Waals surface area contributed by atoms with Gasteiger partial charge in [-0.2, -0.15) is 0 Å². The van der Waals surface area contributed by atoms with Gasteiger partial charge in [-0.15, -0.1) is 0 Å². The van der Waals surface area contributed by atoms with E-state index in [-0.39, 0.29) is 33.2 Å². The molecule has 3 heterocycles. The second kappa shape index (κ2) is 11.2. The van der Waals surface area contributed by atoms with Crippen LogP contribution in [0.4, 0.5) is 0 Å². The van der Waals surface area contributed by atoms with Gasteiger partial charge >= 0.3 is 0 Å². The quantitative estimate of drug-likeness (QED) is 0.291. The summed E-state index contributed by atoms with van der Waals surface area (Å²) in [6.45, 7) is 40.5. The van der Waals surface area contributed by atoms with Gasteiger partial charge in [0, 0.05) is 33.2 Å². The summed E-state index contributed by atoms with van der Waals surface area (Å²) in [4.78, 5) is 0. The summed E-state index contributed by atoms with van der Waals surface area (Å²) >= 11 is 0. The Morgan fingerprint density at radius 2 is 0.578 bits per heavy atom. The van der Waals surface area contributed by atoms with Gasteiger partial charge in [0.1, 0.15) is 0 Å². The fourth-order valence-electron chi connectivity index (χ4n) is 14.8. The molecule has 4 unspecified atom stereocenters. The highest BCUT2D eigenvalue weighted by atomic mass is 15.1. The first-order valence-electron chi connectivity index (χ1n) is 19.5. The second-order valence-electron chi connectivity index (χ2n) is 23.6. The van der Waals surface area contributed by atoms with Crippen molar-refractivity contribution in [2.75, 3.05) is 0 Å². The van der Waals surface area contributed by atoms with E-state index in [1.165, 1.54) is 64.2 Å². The Bertz CT molecular complexity index is 925. The molecular formula is C42H79N3. The molecule has 0 aromatic rings. The van der Waals surface area contributed by atoms with Crippen molar-refractivity contribution in [3.63, 3.8) is 0 Å². The van der Waals surface area contributed by atoms with Crippen LogP contribution in [0.1, 0.15) is 175 Å². The Morgan fingerprint density at radius 1 is 0.333 bits per heavy atom. The fraction of sp³-hybridized carbons (Fsp3) is 1.00. The van der Waals surface area contributed by atoms with E-state index in [0.29, 0.717) is 10.8 Å². The van der Waals surface area contributed by atoms with Crippen molar-refractivity contribution < 1.29 is 0 Å². The number of nitrogens with one attached hydrogen (secondary N) is 3. The first-order chi connectivity index (χ1) is 20.1. The summed E-state index contributed by atoms with van der Waals surface area (Å²) in [5.74, 6) is 6.61. The lowest BCUT2D eigenvalue weighted by Crippen LogP contribution is -2.62. The van der Waals surface area contributed by atoms with Crippen LogP contribution < -0.4 is 16.0 Å². The minimum atomic E-state index is 0.188. The van der Waals surface area contributed by atoms with Gasteiger partial charge in [-0.25, -0.2) is 0 Å². The van der Waals surface area contributed by atoms with E-state index in [1.807, 2.05) is 0 Å². The average Bonchev–Trinajstić information content (AvgIpc) is 3.11. The summed E-state index contributed by atoms with van der Waals surface area (Å²) in [5.41, 5.74) is 2.03. The summed E-state index contributed by atoms with van der Waals surface area (Å²) in [6, 6.07) is 0. The minimum absolute atomic E-state index is 0.188. The van der Waals surface area contributed by atoms with Crippen LogP contribution >= 0.6 is 0 Å². The molecule has 3 nitrogen and oxygen atoms in total. The normalized spacial score (nSPS) is 39.5. The molecule has 5 rings (SSSR count). The smallest absolute Gasteiger partial charge is 0.0132 e. The third kappa shape index (κ3) is 8.37. The summed E-state index contributed by atoms with van der Waals surface area (Å²) in [5, 5.41) is 12.3. The van der Waals surface area contributed by atoms with Crippen LogP contribution in [0.5, 0.6) is 0 Å². The SMILES string of the molecule is CC1(C)CC(C2CC(C3CC(C)(C)NC(C)(C)C3)C(C3CC(C)(C)NC(C)(C)C3)C2C2CC(C)(C)NC(C)(C)C2)CC(C)(C)C1. The third-order valence-corrected chi connectivity index (χ3v) is 13.5. The molecule has 5 aliphatic rings. The largest absolute Gasteiger partial charge is 0.307 e. The maximum absolute atomic E-state index is 4.10. The second-order valence-corrected chi connectivity index (χ2v) is 23.6. The molecule has 45 heavy (non-hydrogen) atoms. The maximum atomic E-state index is 4.10. The maximum Gasteiger partial charge on any atom is 0.0132 e. The molecule has 3 saturated heterocycles. The van der Waals surface area contributed by atoms with E-state index < -0.39 is 0 Å². The van der Waals surface area contributed by atoms with Crippen LogP contribution in [-0.2, 0) is 0 Å². The van der Waals surface area contributed by atoms with E-state index in [2.05, 4.69) is 127 Å². The molecule has 0 amide bonds. The Morgan fingerprint density at radius 3 is 0.867 bits per heavy atom. The van der Waals surface area contributed by atoms with E-state index in [1.54, 1.807) is 0 Å². The van der Waals surface area contributed by atoms with Gasteiger partial charge in [0.2, 0.25) is 0 Å². The number of piperidine rings is 3. The van der Waals surface area contributed by atoms with E-state index in [0.717, 1.165) is 47.3 Å². The Balaban J connectivity index is 1.65. The monoisotopic (exact) mass is 626 g/mol. The predicted molar refractivity (Wildman–Crippen MR) is 196 cm³/mol. The van der Waals surface area contributed by atoms with Gasteiger partial charge < -0.3 is 16.0 Å². The first kappa shape index (κ1) is 36.2. The molecule has 3 heteroatoms. The third-order valence-electron chi connectivity index (χ3n) is 13.5. The zero-order chi connectivity index (χ0) is 33.8. The van der Waals surface area contributed by atoms with E-state index in [9.17, 15) is 0 Å². The molecule has 2 aliphatic carbocycles. The standard InChI is InChI=1S/C42H79N3/c1-35(2)18-27(19-36(3,4)26-35)31-17-32(28-20-37(5,6)43-38(7,8)21-28)34(30-24-41(13,14)45-42(15,16)25-30)33(31)29-22-39(9,10)44-40(11,12)23-29/h27-34,43-45H,17-26H2,1-16H3. The molecular weight excluding hydrogens is 546 g/mol. The molecule has 0 aromatic heterocycles. The predicted octanol–water partition coefficient (Wildman–Crippen LogP) is 10.4. The van der Waals surface area contributed by atoms with Crippen LogP contribution in [-0.4, -0.2) is 33.2 Å². The Labute approximate surface area is 281 Å². The Kier molecular flexibility index (Phi) is 9.00. The van der Waals surface area contributed by atoms with E-state index >= 15 is 0 Å². The van der Waals surface area contributed by atoms with Gasteiger partial charge in [-0.3, -0.25) is 0 Å². The highest BCUT2D eigenvalue weighted by Crippen LogP contribution is 2.64. The summed E-state index contributed by atoms with van der Waals surface area (Å²) in [6.07, 6.45) is 13.7. The van der Waals surface area contributed by atoms with Crippen molar-refractivity contribution in [3.05, 3.63) is 0 Å². The van der Waals surface area contributed by atoms with Gasteiger partial charge in [0.05, 0.1) is 0 Å². The highest BCUT2D eigenvalue weighted by Gasteiger charge is 2.59. The van der Waals surface area contributed by atoms with Crippen molar-refractivity contribution in [1.29, 1.82) is 0 Å². The highest BCUT2D eigenvalue weighted by molar-refractivity contribution is 5.12. The van der Waals surface area contributed by atoms with Crippen molar-refractivity contribution in [2.45, 2.75) is 208 Å². The molecule has 0 bridgehead atoms. The lowest BCUT2D eigenvalue weighted by atomic mass is 9.54. The fourth-order valence-corrected chi connectivity index (χ4v) is 14.8. The molecule has 262 valence electrons. The topological polar surface area (TPSA) is 36.1 Å². The van der Waals surface area contributed by atoms with Crippen LogP contribution in [0.15, 0.2) is 0 Å². The molecule has 0 spiro atoms. The molecule has 0 radical (unpaired) electrons. The average molecular weight is 626 g/mol. The van der Waals surface area contributed by atoms with Gasteiger partial charge in [0.25, 0.3) is 0 Å². The summed E-state index contributed by atoms with van der Waals surface area (Å²) in [7, 11) is 0. The zero-order valence-electron chi connectivity index (χ0n) is 33.2. The lowest BCUT2D eigenvalue weighted by molar-refractivity contribution is -0.0303. The molecule has 2 saturated carbocycles. The van der Waals surface area contributed by atoms with Gasteiger partial charge in [-0.05, 0) is 205 Å². The lowest BCUT2D eigenvalue weighted by Gasteiger charge is -2.56. The molecule has 5 fully saturated rings. The van der Waals surface area contributed by atoms with Crippen LogP contribution in [0, 0.1) is 58.2 Å². The molecule has 0 aromatic carbocycles.